The fourth-order valence-corrected chi connectivity index (χ4v) is 5.77. The Hall–Kier alpha value is -4.29. The van der Waals surface area contributed by atoms with E-state index < -0.39 is 0 Å². The molecule has 1 aromatic heterocycles. The number of Topliss-reactive ketones (excluding diaryl/α,β-unsaturated/α-hetero) is 1. The first kappa shape index (κ1) is 23.1. The number of carbonyl (C=O) groups excluding carboxylic acids is 1. The van der Waals surface area contributed by atoms with Crippen molar-refractivity contribution in [1.82, 2.24) is 9.55 Å². The molecule has 0 saturated carbocycles. The Kier molecular flexibility index (Phi) is 6.48. The molecular formula is C31H26N4OS. The van der Waals surface area contributed by atoms with Crippen molar-refractivity contribution in [3.63, 3.8) is 0 Å². The monoisotopic (exact) mass is 502 g/mol. The highest BCUT2D eigenvalue weighted by atomic mass is 32.2. The quantitative estimate of drug-likeness (QED) is 0.241. The van der Waals surface area contributed by atoms with Crippen LogP contribution in [0.25, 0.3) is 5.69 Å². The van der Waals surface area contributed by atoms with E-state index in [1.165, 1.54) is 0 Å². The number of ketones is 1. The standard InChI is InChI=1S/C31H26N4OS/c36-28-27-30(34(22-24-15-7-2-8-16-24)37-29(28)25-17-9-3-10-18-25)33-31(32-21-23-13-5-1-6-14-23)35(27)26-19-11-4-12-20-26/h1-20,29H,21-22H2,(H,32,33). The number of hydrogen-bond acceptors (Lipinski definition) is 5. The van der Waals surface area contributed by atoms with Crippen molar-refractivity contribution in [2.45, 2.75) is 18.3 Å². The molecule has 5 aromatic rings. The highest BCUT2D eigenvalue weighted by Gasteiger charge is 2.39. The first-order valence-corrected chi connectivity index (χ1v) is 13.1. The topological polar surface area (TPSA) is 50.2 Å². The van der Waals surface area contributed by atoms with Crippen molar-refractivity contribution in [3.05, 3.63) is 144 Å². The largest absolute Gasteiger partial charge is 0.351 e. The molecule has 1 N–H and O–H groups in total. The highest BCUT2D eigenvalue weighted by molar-refractivity contribution is 8.01. The fraction of sp³-hybridized carbons (Fsp3) is 0.0968. The number of nitrogens with zero attached hydrogens (tertiary/aromatic N) is 3. The molecular weight excluding hydrogens is 476 g/mol. The Bertz CT molecular complexity index is 1490. The average molecular weight is 503 g/mol. The Morgan fingerprint density at radius 3 is 1.95 bits per heavy atom. The predicted octanol–water partition coefficient (Wildman–Crippen LogP) is 7.08. The molecule has 6 heteroatoms. The summed E-state index contributed by atoms with van der Waals surface area (Å²) in [5.41, 5.74) is 4.80. The number of rotatable bonds is 7. The van der Waals surface area contributed by atoms with Crippen LogP contribution in [0.15, 0.2) is 121 Å². The molecule has 0 fully saturated rings. The van der Waals surface area contributed by atoms with E-state index in [4.69, 9.17) is 4.98 Å². The first-order valence-electron chi connectivity index (χ1n) is 12.3. The maximum absolute atomic E-state index is 14.2. The molecule has 37 heavy (non-hydrogen) atoms. The normalized spacial score (nSPS) is 14.9. The summed E-state index contributed by atoms with van der Waals surface area (Å²) < 4.78 is 4.14. The van der Waals surface area contributed by atoms with Gasteiger partial charge in [0.05, 0.1) is 6.54 Å². The van der Waals surface area contributed by atoms with E-state index in [1.807, 2.05) is 102 Å². The summed E-state index contributed by atoms with van der Waals surface area (Å²) in [4.78, 5) is 19.2. The van der Waals surface area contributed by atoms with Crippen molar-refractivity contribution in [2.24, 2.45) is 0 Å². The summed E-state index contributed by atoms with van der Waals surface area (Å²) in [6.45, 7) is 1.24. The van der Waals surface area contributed by atoms with Crippen LogP contribution in [0.4, 0.5) is 11.8 Å². The lowest BCUT2D eigenvalue weighted by Crippen LogP contribution is -2.29. The second-order valence-electron chi connectivity index (χ2n) is 8.90. The lowest BCUT2D eigenvalue weighted by molar-refractivity contribution is 0.0982. The number of para-hydroxylation sites is 1. The number of nitrogens with one attached hydrogen (secondary N) is 1. The SMILES string of the molecule is O=C1c2c(nc(NCc3ccccc3)n2-c2ccccc2)N(Cc2ccccc2)SC1c1ccccc1. The van der Waals surface area contributed by atoms with Gasteiger partial charge in [-0.2, -0.15) is 4.98 Å². The van der Waals surface area contributed by atoms with Crippen LogP contribution >= 0.6 is 11.9 Å². The summed E-state index contributed by atoms with van der Waals surface area (Å²) in [6, 6.07) is 40.5. The number of benzene rings is 4. The summed E-state index contributed by atoms with van der Waals surface area (Å²) >= 11 is 1.54. The highest BCUT2D eigenvalue weighted by Crippen LogP contribution is 2.47. The zero-order valence-corrected chi connectivity index (χ0v) is 21.0. The number of imidazole rings is 1. The maximum atomic E-state index is 14.2. The van der Waals surface area contributed by atoms with Crippen molar-refractivity contribution in [1.29, 1.82) is 0 Å². The Morgan fingerprint density at radius 1 is 0.730 bits per heavy atom. The fourth-order valence-electron chi connectivity index (χ4n) is 4.58. The smallest absolute Gasteiger partial charge is 0.210 e. The lowest BCUT2D eigenvalue weighted by Gasteiger charge is -2.31. The van der Waals surface area contributed by atoms with Gasteiger partial charge in [0.25, 0.3) is 0 Å². The van der Waals surface area contributed by atoms with Gasteiger partial charge in [-0.15, -0.1) is 0 Å². The van der Waals surface area contributed by atoms with Gasteiger partial charge in [-0.1, -0.05) is 109 Å². The minimum absolute atomic E-state index is 0.0552. The molecule has 1 unspecified atom stereocenters. The van der Waals surface area contributed by atoms with E-state index in [-0.39, 0.29) is 11.0 Å². The number of anilines is 2. The van der Waals surface area contributed by atoms with Gasteiger partial charge in [-0.3, -0.25) is 13.7 Å². The zero-order chi connectivity index (χ0) is 25.0. The molecule has 6 rings (SSSR count). The predicted molar refractivity (Wildman–Crippen MR) is 151 cm³/mol. The number of hydrogen-bond donors (Lipinski definition) is 1. The van der Waals surface area contributed by atoms with Crippen LogP contribution in [0, 0.1) is 0 Å². The third-order valence-electron chi connectivity index (χ3n) is 6.38. The lowest BCUT2D eigenvalue weighted by atomic mass is 10.1. The van der Waals surface area contributed by atoms with Crippen molar-refractivity contribution < 1.29 is 4.79 Å². The summed E-state index contributed by atoms with van der Waals surface area (Å²) in [6.07, 6.45) is 0. The van der Waals surface area contributed by atoms with E-state index in [0.717, 1.165) is 22.4 Å². The van der Waals surface area contributed by atoms with Gasteiger partial charge in [0.15, 0.2) is 5.82 Å². The van der Waals surface area contributed by atoms with Gasteiger partial charge in [0.1, 0.15) is 10.9 Å². The van der Waals surface area contributed by atoms with Crippen LogP contribution in [-0.2, 0) is 13.1 Å². The minimum Gasteiger partial charge on any atom is -0.351 e. The molecule has 1 atom stereocenters. The van der Waals surface area contributed by atoms with E-state index in [1.54, 1.807) is 11.9 Å². The summed E-state index contributed by atoms with van der Waals surface area (Å²) in [7, 11) is 0. The second-order valence-corrected chi connectivity index (χ2v) is 10.0. The van der Waals surface area contributed by atoms with Gasteiger partial charge >= 0.3 is 0 Å². The molecule has 0 bridgehead atoms. The van der Waals surface area contributed by atoms with Crippen LogP contribution in [0.3, 0.4) is 0 Å². The molecule has 0 aliphatic carbocycles. The Morgan fingerprint density at radius 2 is 1.30 bits per heavy atom. The molecule has 2 heterocycles. The Balaban J connectivity index is 1.48. The van der Waals surface area contributed by atoms with Crippen molar-refractivity contribution in [2.75, 3.05) is 9.62 Å². The van der Waals surface area contributed by atoms with Crippen LogP contribution < -0.4 is 9.62 Å². The van der Waals surface area contributed by atoms with Crippen LogP contribution in [0.1, 0.15) is 32.4 Å². The molecule has 1 aliphatic heterocycles. The van der Waals surface area contributed by atoms with E-state index >= 15 is 0 Å². The number of aromatic nitrogens is 2. The van der Waals surface area contributed by atoms with Crippen LogP contribution in [0.2, 0.25) is 0 Å². The van der Waals surface area contributed by atoms with E-state index in [9.17, 15) is 4.79 Å². The molecule has 0 radical (unpaired) electrons. The molecule has 0 saturated heterocycles. The molecule has 4 aromatic carbocycles. The minimum atomic E-state index is -0.362. The summed E-state index contributed by atoms with van der Waals surface area (Å²) in [5.74, 6) is 1.39. The third-order valence-corrected chi connectivity index (χ3v) is 7.63. The maximum Gasteiger partial charge on any atom is 0.210 e. The third kappa shape index (κ3) is 4.76. The zero-order valence-electron chi connectivity index (χ0n) is 20.2. The summed E-state index contributed by atoms with van der Waals surface area (Å²) in [5, 5.41) is 3.15. The van der Waals surface area contributed by atoms with Crippen molar-refractivity contribution >= 4 is 29.5 Å². The van der Waals surface area contributed by atoms with Gasteiger partial charge in [0, 0.05) is 12.2 Å². The average Bonchev–Trinajstić information content (AvgIpc) is 3.36. The first-order chi connectivity index (χ1) is 18.3. The van der Waals surface area contributed by atoms with Gasteiger partial charge in [-0.25, -0.2) is 0 Å². The van der Waals surface area contributed by atoms with Gasteiger partial charge in [0.2, 0.25) is 11.7 Å². The second kappa shape index (κ2) is 10.4. The van der Waals surface area contributed by atoms with Crippen LogP contribution in [0.5, 0.6) is 0 Å². The van der Waals surface area contributed by atoms with Crippen LogP contribution in [-0.4, -0.2) is 15.3 Å². The van der Waals surface area contributed by atoms with Gasteiger partial charge < -0.3 is 5.32 Å². The molecule has 5 nitrogen and oxygen atoms in total. The molecule has 1 aliphatic rings. The van der Waals surface area contributed by atoms with E-state index in [0.29, 0.717) is 30.5 Å². The molecule has 182 valence electrons. The molecule has 0 spiro atoms. The van der Waals surface area contributed by atoms with Gasteiger partial charge in [-0.05, 0) is 40.8 Å². The Labute approximate surface area is 220 Å². The molecule has 0 amide bonds. The number of fused-ring (bicyclic) bond motifs is 1. The number of carbonyl (C=O) groups is 1. The van der Waals surface area contributed by atoms with Crippen molar-refractivity contribution in [3.8, 4) is 5.69 Å². The van der Waals surface area contributed by atoms with E-state index in [2.05, 4.69) is 33.9 Å².